The lowest BCUT2D eigenvalue weighted by Gasteiger charge is -2.17. The molecule has 1 saturated heterocycles. The Labute approximate surface area is 180 Å². The molecule has 1 aliphatic heterocycles. The van der Waals surface area contributed by atoms with Crippen molar-refractivity contribution in [3.8, 4) is 0 Å². The molecule has 2 aromatic heterocycles. The highest BCUT2D eigenvalue weighted by Gasteiger charge is 2.36. The molecular weight excluding hydrogens is 394 g/mol. The molecule has 3 aromatic rings. The Balaban J connectivity index is 1.43. The van der Waals surface area contributed by atoms with Gasteiger partial charge in [0.05, 0.1) is 18.2 Å². The van der Waals surface area contributed by atoms with Crippen molar-refractivity contribution in [2.75, 3.05) is 17.2 Å². The molecule has 0 radical (unpaired) electrons. The monoisotopic (exact) mass is 419 g/mol. The lowest BCUT2D eigenvalue weighted by atomic mass is 9.96. The summed E-state index contributed by atoms with van der Waals surface area (Å²) in [4.78, 5) is 29.3. The van der Waals surface area contributed by atoms with E-state index in [2.05, 4.69) is 34.6 Å². The van der Waals surface area contributed by atoms with Gasteiger partial charge in [-0.1, -0.05) is 6.07 Å². The van der Waals surface area contributed by atoms with Crippen LogP contribution in [0.3, 0.4) is 0 Å². The second-order valence-corrected chi connectivity index (χ2v) is 7.79. The fraction of sp³-hybridized carbons (Fsp3) is 0.304. The summed E-state index contributed by atoms with van der Waals surface area (Å²) < 4.78 is 7.71. The van der Waals surface area contributed by atoms with E-state index in [1.54, 1.807) is 55.0 Å². The molecule has 31 heavy (non-hydrogen) atoms. The quantitative estimate of drug-likeness (QED) is 0.633. The molecule has 4 rings (SSSR count). The van der Waals surface area contributed by atoms with E-state index in [1.807, 2.05) is 10.9 Å². The Hall–Kier alpha value is -3.52. The first kappa shape index (κ1) is 20.7. The van der Waals surface area contributed by atoms with Crippen LogP contribution in [0, 0.1) is 5.92 Å². The molecule has 2 amide bonds. The number of benzene rings is 1. The highest BCUT2D eigenvalue weighted by Crippen LogP contribution is 2.35. The number of rotatable bonds is 6. The predicted molar refractivity (Wildman–Crippen MR) is 117 cm³/mol. The Morgan fingerprint density at radius 1 is 1.13 bits per heavy atom. The molecule has 0 saturated carbocycles. The van der Waals surface area contributed by atoms with E-state index in [0.717, 1.165) is 5.56 Å². The molecule has 1 fully saturated rings. The lowest BCUT2D eigenvalue weighted by molar-refractivity contribution is -0.121. The first-order valence-corrected chi connectivity index (χ1v) is 10.3. The Kier molecular flexibility index (Phi) is 6.08. The van der Waals surface area contributed by atoms with Gasteiger partial charge >= 0.3 is 0 Å². The fourth-order valence-electron chi connectivity index (χ4n) is 3.58. The van der Waals surface area contributed by atoms with Crippen LogP contribution in [-0.2, 0) is 9.53 Å². The summed E-state index contributed by atoms with van der Waals surface area (Å²) in [6, 6.07) is 10.6. The van der Waals surface area contributed by atoms with Gasteiger partial charge < -0.3 is 15.4 Å². The number of nitrogens with zero attached hydrogens (tertiary/aromatic N) is 3. The third-order valence-electron chi connectivity index (χ3n) is 5.24. The average Bonchev–Trinajstić information content (AvgIpc) is 3.44. The Morgan fingerprint density at radius 2 is 1.87 bits per heavy atom. The van der Waals surface area contributed by atoms with Crippen molar-refractivity contribution in [1.82, 2.24) is 14.8 Å². The standard InChI is InChI=1S/C23H25N5O3/c1-15(2)28-14-17(13-25-28)21-20(8-11-31-21)23(30)27-19-5-3-4-18(12-19)26-22(29)16-6-9-24-10-7-16/h3-7,9-10,12-15,20-21H,8,11H2,1-2H3,(H,26,29)(H,27,30)/t20-,21+/m1/s1. The fourth-order valence-corrected chi connectivity index (χ4v) is 3.58. The normalized spacial score (nSPS) is 18.2. The van der Waals surface area contributed by atoms with E-state index in [4.69, 9.17) is 4.74 Å². The minimum atomic E-state index is -0.318. The summed E-state index contributed by atoms with van der Waals surface area (Å²) in [6.45, 7) is 4.63. The summed E-state index contributed by atoms with van der Waals surface area (Å²) in [5, 5.41) is 10.2. The van der Waals surface area contributed by atoms with Crippen LogP contribution in [0.2, 0.25) is 0 Å². The van der Waals surface area contributed by atoms with Gasteiger partial charge in [0.2, 0.25) is 5.91 Å². The molecule has 0 unspecified atom stereocenters. The highest BCUT2D eigenvalue weighted by molar-refractivity contribution is 6.04. The maximum atomic E-state index is 13.0. The van der Waals surface area contributed by atoms with Crippen LogP contribution in [0.5, 0.6) is 0 Å². The van der Waals surface area contributed by atoms with Gasteiger partial charge in [-0.05, 0) is 50.6 Å². The average molecular weight is 419 g/mol. The zero-order valence-electron chi connectivity index (χ0n) is 17.5. The molecule has 3 heterocycles. The van der Waals surface area contributed by atoms with Crippen molar-refractivity contribution >= 4 is 23.2 Å². The maximum absolute atomic E-state index is 13.0. The molecule has 8 heteroatoms. The number of aromatic nitrogens is 3. The van der Waals surface area contributed by atoms with Crippen LogP contribution in [0.15, 0.2) is 61.2 Å². The Morgan fingerprint density at radius 3 is 2.58 bits per heavy atom. The zero-order valence-corrected chi connectivity index (χ0v) is 17.5. The third kappa shape index (κ3) is 4.80. The second kappa shape index (κ2) is 9.09. The van der Waals surface area contributed by atoms with E-state index in [-0.39, 0.29) is 29.9 Å². The summed E-state index contributed by atoms with van der Waals surface area (Å²) >= 11 is 0. The summed E-state index contributed by atoms with van der Waals surface area (Å²) in [5.74, 6) is -0.658. The van der Waals surface area contributed by atoms with Crippen LogP contribution in [-0.4, -0.2) is 33.2 Å². The summed E-state index contributed by atoms with van der Waals surface area (Å²) in [5.41, 5.74) is 2.63. The Bertz CT molecular complexity index is 1060. The van der Waals surface area contributed by atoms with Gasteiger partial charge in [-0.3, -0.25) is 19.3 Å². The number of ether oxygens (including phenoxy) is 1. The molecule has 1 aromatic carbocycles. The van der Waals surface area contributed by atoms with Gasteiger partial charge in [0.25, 0.3) is 5.91 Å². The number of pyridine rings is 1. The predicted octanol–water partition coefficient (Wildman–Crippen LogP) is 3.83. The summed E-state index contributed by atoms with van der Waals surface area (Å²) in [7, 11) is 0. The van der Waals surface area contributed by atoms with E-state index in [0.29, 0.717) is 30.0 Å². The number of carbonyl (C=O) groups is 2. The number of hydrogen-bond acceptors (Lipinski definition) is 5. The van der Waals surface area contributed by atoms with Crippen molar-refractivity contribution in [3.63, 3.8) is 0 Å². The van der Waals surface area contributed by atoms with Gasteiger partial charge in [-0.2, -0.15) is 5.10 Å². The van der Waals surface area contributed by atoms with Crippen molar-refractivity contribution in [2.24, 2.45) is 5.92 Å². The molecular formula is C23H25N5O3. The molecule has 0 spiro atoms. The van der Waals surface area contributed by atoms with Crippen LogP contribution in [0.4, 0.5) is 11.4 Å². The maximum Gasteiger partial charge on any atom is 0.255 e. The minimum Gasteiger partial charge on any atom is -0.373 e. The molecule has 2 atom stereocenters. The number of anilines is 2. The first-order valence-electron chi connectivity index (χ1n) is 10.3. The summed E-state index contributed by atoms with van der Waals surface area (Å²) in [6.07, 6.45) is 7.17. The van der Waals surface area contributed by atoms with Crippen molar-refractivity contribution in [3.05, 3.63) is 72.3 Å². The molecule has 160 valence electrons. The second-order valence-electron chi connectivity index (χ2n) is 7.79. The van der Waals surface area contributed by atoms with Gasteiger partial charge in [0, 0.05) is 53.7 Å². The first-order chi connectivity index (χ1) is 15.0. The van der Waals surface area contributed by atoms with Gasteiger partial charge in [0.15, 0.2) is 0 Å². The van der Waals surface area contributed by atoms with Crippen LogP contribution >= 0.6 is 0 Å². The number of carbonyl (C=O) groups excluding carboxylic acids is 2. The number of hydrogen-bond donors (Lipinski definition) is 2. The van der Waals surface area contributed by atoms with Crippen molar-refractivity contribution in [2.45, 2.75) is 32.4 Å². The largest absolute Gasteiger partial charge is 0.373 e. The topological polar surface area (TPSA) is 98.1 Å². The molecule has 8 nitrogen and oxygen atoms in total. The van der Waals surface area contributed by atoms with Crippen molar-refractivity contribution < 1.29 is 14.3 Å². The molecule has 2 N–H and O–H groups in total. The zero-order chi connectivity index (χ0) is 21.8. The van der Waals surface area contributed by atoms with E-state index >= 15 is 0 Å². The van der Waals surface area contributed by atoms with Crippen LogP contribution in [0.1, 0.15) is 48.3 Å². The van der Waals surface area contributed by atoms with E-state index < -0.39 is 0 Å². The van der Waals surface area contributed by atoms with Crippen LogP contribution < -0.4 is 10.6 Å². The molecule has 0 bridgehead atoms. The number of nitrogens with one attached hydrogen (secondary N) is 2. The van der Waals surface area contributed by atoms with E-state index in [9.17, 15) is 9.59 Å². The highest BCUT2D eigenvalue weighted by atomic mass is 16.5. The molecule has 1 aliphatic rings. The van der Waals surface area contributed by atoms with Gasteiger partial charge in [-0.15, -0.1) is 0 Å². The smallest absolute Gasteiger partial charge is 0.255 e. The van der Waals surface area contributed by atoms with Gasteiger partial charge in [0.1, 0.15) is 0 Å². The van der Waals surface area contributed by atoms with Crippen molar-refractivity contribution in [1.29, 1.82) is 0 Å². The van der Waals surface area contributed by atoms with Gasteiger partial charge in [-0.25, -0.2) is 0 Å². The van der Waals surface area contributed by atoms with Crippen LogP contribution in [0.25, 0.3) is 0 Å². The third-order valence-corrected chi connectivity index (χ3v) is 5.24. The minimum absolute atomic E-state index is 0.114. The number of amides is 2. The van der Waals surface area contributed by atoms with E-state index in [1.165, 1.54) is 0 Å². The SMILES string of the molecule is CC(C)n1cc([C@@H]2OCC[C@H]2C(=O)Nc2cccc(NC(=O)c3ccncc3)c2)cn1. The molecule has 0 aliphatic carbocycles. The lowest BCUT2D eigenvalue weighted by Crippen LogP contribution is -2.25.